The van der Waals surface area contributed by atoms with Crippen LogP contribution in [-0.4, -0.2) is 27.5 Å². The van der Waals surface area contributed by atoms with Crippen LogP contribution < -0.4 is 10.1 Å². The highest BCUT2D eigenvalue weighted by Crippen LogP contribution is 2.36. The van der Waals surface area contributed by atoms with Gasteiger partial charge in [-0.1, -0.05) is 42.5 Å². The topological polar surface area (TPSA) is 99.3 Å². The first-order chi connectivity index (χ1) is 19.0. The molecule has 0 radical (unpaired) electrons. The van der Waals surface area contributed by atoms with Crippen molar-refractivity contribution in [3.8, 4) is 5.75 Å². The molecular weight excluding hydrogens is 492 g/mol. The van der Waals surface area contributed by atoms with Gasteiger partial charge < -0.3 is 14.6 Å². The van der Waals surface area contributed by atoms with Crippen molar-refractivity contribution in [2.45, 2.75) is 25.4 Å². The van der Waals surface area contributed by atoms with Gasteiger partial charge in [0.05, 0.1) is 12.0 Å². The molecule has 1 N–H and O–H groups in total. The molecule has 3 aromatic carbocycles. The van der Waals surface area contributed by atoms with Crippen molar-refractivity contribution < 1.29 is 14.5 Å². The van der Waals surface area contributed by atoms with Crippen LogP contribution in [0.1, 0.15) is 34.6 Å². The Morgan fingerprint density at radius 2 is 1.69 bits per heavy atom. The SMILES string of the molecule is COc1ccc(Cn2cc([C@H](CC(=O)NCc3ccncc3)c3ccc([N+](=O)[O-])cc3)c3ccccc32)cc1. The number of ether oxygens (including phenoxy) is 1. The molecule has 0 aliphatic rings. The molecule has 0 aliphatic heterocycles. The fourth-order valence-electron chi connectivity index (χ4n) is 4.81. The molecular formula is C31H28N4O4. The number of pyridine rings is 1. The Kier molecular flexibility index (Phi) is 7.63. The summed E-state index contributed by atoms with van der Waals surface area (Å²) in [5, 5.41) is 15.3. The lowest BCUT2D eigenvalue weighted by atomic mass is 9.88. The first-order valence-electron chi connectivity index (χ1n) is 12.6. The number of nitrogens with zero attached hydrogens (tertiary/aromatic N) is 3. The highest BCUT2D eigenvalue weighted by molar-refractivity contribution is 5.87. The number of benzene rings is 3. The molecule has 5 rings (SSSR count). The van der Waals surface area contributed by atoms with Gasteiger partial charge in [-0.25, -0.2) is 0 Å². The number of carbonyl (C=O) groups excluding carboxylic acids is 1. The van der Waals surface area contributed by atoms with E-state index < -0.39 is 4.92 Å². The Hall–Kier alpha value is -4.98. The fraction of sp³-hybridized carbons (Fsp3) is 0.161. The van der Waals surface area contributed by atoms with Crippen molar-refractivity contribution >= 4 is 22.5 Å². The van der Waals surface area contributed by atoms with Crippen LogP contribution in [-0.2, 0) is 17.9 Å². The molecule has 0 saturated heterocycles. The van der Waals surface area contributed by atoms with Gasteiger partial charge in [0.1, 0.15) is 5.75 Å². The molecule has 0 fully saturated rings. The second-order valence-corrected chi connectivity index (χ2v) is 9.32. The minimum absolute atomic E-state index is 0.0153. The van der Waals surface area contributed by atoms with Crippen LogP contribution in [0.4, 0.5) is 5.69 Å². The average molecular weight is 521 g/mol. The van der Waals surface area contributed by atoms with Crippen molar-refractivity contribution in [1.82, 2.24) is 14.9 Å². The summed E-state index contributed by atoms with van der Waals surface area (Å²) in [6, 6.07) is 26.3. The lowest BCUT2D eigenvalue weighted by Crippen LogP contribution is -2.25. The Morgan fingerprint density at radius 3 is 2.38 bits per heavy atom. The van der Waals surface area contributed by atoms with E-state index in [9.17, 15) is 14.9 Å². The standard InChI is InChI=1S/C31H28N4O4/c1-39-26-12-6-23(7-13-26)20-34-21-29(27-4-2-3-5-30(27)34)28(24-8-10-25(11-9-24)35(37)38)18-31(36)33-19-22-14-16-32-17-15-22/h2-17,21,28H,18-20H2,1H3,(H,33,36)/t28-/m1/s1. The van der Waals surface area contributed by atoms with E-state index in [1.165, 1.54) is 12.1 Å². The molecule has 2 aromatic heterocycles. The maximum atomic E-state index is 13.2. The van der Waals surface area contributed by atoms with Gasteiger partial charge in [0, 0.05) is 67.1 Å². The maximum Gasteiger partial charge on any atom is 0.269 e. The van der Waals surface area contributed by atoms with Gasteiger partial charge in [-0.2, -0.15) is 0 Å². The van der Waals surface area contributed by atoms with Gasteiger partial charge in [-0.05, 0) is 52.6 Å². The predicted octanol–water partition coefficient (Wildman–Crippen LogP) is 5.84. The van der Waals surface area contributed by atoms with Crippen LogP contribution in [0.5, 0.6) is 5.75 Å². The van der Waals surface area contributed by atoms with E-state index in [-0.39, 0.29) is 23.9 Å². The van der Waals surface area contributed by atoms with Crippen molar-refractivity contribution in [1.29, 1.82) is 0 Å². The molecule has 0 unspecified atom stereocenters. The second kappa shape index (κ2) is 11.6. The van der Waals surface area contributed by atoms with Crippen LogP contribution in [0.25, 0.3) is 10.9 Å². The molecule has 8 nitrogen and oxygen atoms in total. The Labute approximate surface area is 226 Å². The van der Waals surface area contributed by atoms with E-state index >= 15 is 0 Å². The smallest absolute Gasteiger partial charge is 0.269 e. The van der Waals surface area contributed by atoms with Gasteiger partial charge in [0.25, 0.3) is 5.69 Å². The summed E-state index contributed by atoms with van der Waals surface area (Å²) in [6.45, 7) is 1.04. The molecule has 5 aromatic rings. The molecule has 2 heterocycles. The fourth-order valence-corrected chi connectivity index (χ4v) is 4.81. The van der Waals surface area contributed by atoms with Crippen LogP contribution >= 0.6 is 0 Å². The number of methoxy groups -OCH3 is 1. The van der Waals surface area contributed by atoms with Crippen molar-refractivity contribution in [3.05, 3.63) is 136 Å². The monoisotopic (exact) mass is 520 g/mol. The number of nitro benzene ring substituents is 1. The first kappa shape index (κ1) is 25.7. The minimum Gasteiger partial charge on any atom is -0.497 e. The summed E-state index contributed by atoms with van der Waals surface area (Å²) < 4.78 is 7.47. The second-order valence-electron chi connectivity index (χ2n) is 9.32. The van der Waals surface area contributed by atoms with E-state index in [1.54, 1.807) is 31.6 Å². The van der Waals surface area contributed by atoms with Crippen molar-refractivity contribution in [2.24, 2.45) is 0 Å². The molecule has 1 atom stereocenters. The molecule has 1 amide bonds. The molecule has 0 aliphatic carbocycles. The number of amides is 1. The number of fused-ring (bicyclic) bond motifs is 1. The lowest BCUT2D eigenvalue weighted by Gasteiger charge is -2.17. The van der Waals surface area contributed by atoms with Crippen molar-refractivity contribution in [3.63, 3.8) is 0 Å². The molecule has 0 spiro atoms. The predicted molar refractivity (Wildman–Crippen MR) is 150 cm³/mol. The zero-order chi connectivity index (χ0) is 27.2. The van der Waals surface area contributed by atoms with E-state index in [2.05, 4.69) is 33.2 Å². The number of rotatable bonds is 10. The summed E-state index contributed by atoms with van der Waals surface area (Å²) in [7, 11) is 1.65. The number of para-hydroxylation sites is 1. The van der Waals surface area contributed by atoms with Gasteiger partial charge in [-0.15, -0.1) is 0 Å². The average Bonchev–Trinajstić information content (AvgIpc) is 3.33. The molecule has 196 valence electrons. The van der Waals surface area contributed by atoms with E-state index in [1.807, 2.05) is 48.5 Å². The quantitative estimate of drug-likeness (QED) is 0.184. The highest BCUT2D eigenvalue weighted by Gasteiger charge is 2.23. The molecule has 0 saturated carbocycles. The number of carbonyl (C=O) groups is 1. The third-order valence-electron chi connectivity index (χ3n) is 6.84. The van der Waals surface area contributed by atoms with E-state index in [0.29, 0.717) is 13.1 Å². The number of hydrogen-bond donors (Lipinski definition) is 1. The third-order valence-corrected chi connectivity index (χ3v) is 6.84. The molecule has 0 bridgehead atoms. The summed E-state index contributed by atoms with van der Waals surface area (Å²) in [4.78, 5) is 28.1. The molecule has 8 heteroatoms. The number of non-ortho nitro benzene ring substituents is 1. The zero-order valence-electron chi connectivity index (χ0n) is 21.5. The number of nitro groups is 1. The Bertz CT molecular complexity index is 1580. The van der Waals surface area contributed by atoms with Crippen molar-refractivity contribution in [2.75, 3.05) is 7.11 Å². The van der Waals surface area contributed by atoms with Crippen LogP contribution in [0.15, 0.2) is 104 Å². The number of nitrogens with one attached hydrogen (secondary N) is 1. The van der Waals surface area contributed by atoms with E-state index in [4.69, 9.17) is 4.74 Å². The number of aromatic nitrogens is 2. The lowest BCUT2D eigenvalue weighted by molar-refractivity contribution is -0.384. The van der Waals surface area contributed by atoms with Gasteiger partial charge in [-0.3, -0.25) is 19.9 Å². The zero-order valence-corrected chi connectivity index (χ0v) is 21.5. The summed E-state index contributed by atoms with van der Waals surface area (Å²) >= 11 is 0. The van der Waals surface area contributed by atoms with Crippen LogP contribution in [0.2, 0.25) is 0 Å². The largest absolute Gasteiger partial charge is 0.497 e. The summed E-state index contributed by atoms with van der Waals surface area (Å²) in [5.41, 5.74) is 4.97. The van der Waals surface area contributed by atoms with Crippen LogP contribution in [0.3, 0.4) is 0 Å². The van der Waals surface area contributed by atoms with Gasteiger partial charge in [0.15, 0.2) is 0 Å². The van der Waals surface area contributed by atoms with E-state index in [0.717, 1.165) is 38.9 Å². The minimum atomic E-state index is -0.416. The summed E-state index contributed by atoms with van der Waals surface area (Å²) in [5.74, 6) is 0.389. The van der Waals surface area contributed by atoms with Gasteiger partial charge in [0.2, 0.25) is 5.91 Å². The highest BCUT2D eigenvalue weighted by atomic mass is 16.6. The number of hydrogen-bond acceptors (Lipinski definition) is 5. The Balaban J connectivity index is 1.50. The molecule has 39 heavy (non-hydrogen) atoms. The Morgan fingerprint density at radius 1 is 0.974 bits per heavy atom. The third kappa shape index (κ3) is 5.96. The normalized spacial score (nSPS) is 11.7. The first-order valence-corrected chi connectivity index (χ1v) is 12.6. The summed E-state index contributed by atoms with van der Waals surface area (Å²) in [6.07, 6.45) is 5.67. The maximum absolute atomic E-state index is 13.2. The van der Waals surface area contributed by atoms with Gasteiger partial charge >= 0.3 is 0 Å². The van der Waals surface area contributed by atoms with Crippen LogP contribution in [0, 0.1) is 10.1 Å².